The SMILES string of the molecule is CC(NCc1ccon1)c1cccc(Cl)c1Cl. The summed E-state index contributed by atoms with van der Waals surface area (Å²) in [6.07, 6.45) is 1.55. The van der Waals surface area contributed by atoms with Crippen LogP contribution in [0.5, 0.6) is 0 Å². The van der Waals surface area contributed by atoms with Crippen molar-refractivity contribution in [3.8, 4) is 0 Å². The predicted molar refractivity (Wildman–Crippen MR) is 68.2 cm³/mol. The Morgan fingerprint density at radius 3 is 2.88 bits per heavy atom. The number of hydrogen-bond donors (Lipinski definition) is 1. The van der Waals surface area contributed by atoms with Crippen molar-refractivity contribution in [1.29, 1.82) is 0 Å². The monoisotopic (exact) mass is 270 g/mol. The summed E-state index contributed by atoms with van der Waals surface area (Å²) in [6, 6.07) is 7.53. The van der Waals surface area contributed by atoms with Crippen molar-refractivity contribution < 1.29 is 4.52 Å². The Labute approximate surface area is 110 Å². The molecule has 0 aliphatic carbocycles. The zero-order valence-electron chi connectivity index (χ0n) is 9.28. The van der Waals surface area contributed by atoms with Gasteiger partial charge in [-0.25, -0.2) is 0 Å². The van der Waals surface area contributed by atoms with Crippen LogP contribution in [0.3, 0.4) is 0 Å². The smallest absolute Gasteiger partial charge is 0.124 e. The van der Waals surface area contributed by atoms with Crippen LogP contribution in [-0.2, 0) is 6.54 Å². The minimum absolute atomic E-state index is 0.0953. The van der Waals surface area contributed by atoms with Crippen LogP contribution in [0.1, 0.15) is 24.2 Å². The largest absolute Gasteiger partial charge is 0.364 e. The summed E-state index contributed by atoms with van der Waals surface area (Å²) >= 11 is 12.1. The number of nitrogens with zero attached hydrogens (tertiary/aromatic N) is 1. The molecule has 0 saturated heterocycles. The van der Waals surface area contributed by atoms with Crippen LogP contribution in [0.4, 0.5) is 0 Å². The second-order valence-corrected chi connectivity index (χ2v) is 4.52. The van der Waals surface area contributed by atoms with Crippen molar-refractivity contribution in [3.63, 3.8) is 0 Å². The maximum atomic E-state index is 6.14. The van der Waals surface area contributed by atoms with Crippen LogP contribution in [-0.4, -0.2) is 5.16 Å². The van der Waals surface area contributed by atoms with Gasteiger partial charge in [0.05, 0.1) is 15.7 Å². The molecule has 0 aliphatic rings. The van der Waals surface area contributed by atoms with Gasteiger partial charge >= 0.3 is 0 Å². The lowest BCUT2D eigenvalue weighted by Crippen LogP contribution is -2.18. The maximum Gasteiger partial charge on any atom is 0.124 e. The molecule has 0 aliphatic heterocycles. The average Bonchev–Trinajstić information content (AvgIpc) is 2.82. The van der Waals surface area contributed by atoms with Gasteiger partial charge in [0, 0.05) is 18.7 Å². The minimum atomic E-state index is 0.0953. The lowest BCUT2D eigenvalue weighted by Gasteiger charge is -2.15. The second-order valence-electron chi connectivity index (χ2n) is 3.74. The molecule has 1 heterocycles. The van der Waals surface area contributed by atoms with Gasteiger partial charge in [0.1, 0.15) is 6.26 Å². The summed E-state index contributed by atoms with van der Waals surface area (Å²) in [4.78, 5) is 0. The molecule has 0 spiro atoms. The van der Waals surface area contributed by atoms with Gasteiger partial charge in [-0.15, -0.1) is 0 Å². The topological polar surface area (TPSA) is 38.1 Å². The number of hydrogen-bond acceptors (Lipinski definition) is 3. The minimum Gasteiger partial charge on any atom is -0.364 e. The fourth-order valence-corrected chi connectivity index (χ4v) is 2.02. The Kier molecular flexibility index (Phi) is 4.05. The third kappa shape index (κ3) is 3.00. The van der Waals surface area contributed by atoms with Crippen LogP contribution in [0.15, 0.2) is 35.1 Å². The average molecular weight is 271 g/mol. The van der Waals surface area contributed by atoms with Crippen molar-refractivity contribution in [2.24, 2.45) is 0 Å². The van der Waals surface area contributed by atoms with Crippen LogP contribution >= 0.6 is 23.2 Å². The van der Waals surface area contributed by atoms with E-state index in [-0.39, 0.29) is 6.04 Å². The van der Waals surface area contributed by atoms with E-state index in [2.05, 4.69) is 10.5 Å². The summed E-state index contributed by atoms with van der Waals surface area (Å²) < 4.78 is 4.76. The highest BCUT2D eigenvalue weighted by Crippen LogP contribution is 2.29. The number of nitrogens with one attached hydrogen (secondary N) is 1. The molecule has 90 valence electrons. The lowest BCUT2D eigenvalue weighted by atomic mass is 10.1. The van der Waals surface area contributed by atoms with Crippen LogP contribution in [0.25, 0.3) is 0 Å². The summed E-state index contributed by atoms with van der Waals surface area (Å²) in [6.45, 7) is 2.65. The molecule has 3 nitrogen and oxygen atoms in total. The summed E-state index contributed by atoms with van der Waals surface area (Å²) in [5, 5.41) is 8.29. The van der Waals surface area contributed by atoms with Gasteiger partial charge in [-0.2, -0.15) is 0 Å². The molecule has 0 amide bonds. The molecule has 1 unspecified atom stereocenters. The van der Waals surface area contributed by atoms with E-state index in [1.54, 1.807) is 12.3 Å². The molecule has 1 aromatic carbocycles. The Morgan fingerprint density at radius 1 is 1.35 bits per heavy atom. The Bertz CT molecular complexity index is 485. The van der Waals surface area contributed by atoms with Crippen molar-refractivity contribution in [2.45, 2.75) is 19.5 Å². The van der Waals surface area contributed by atoms with Crippen LogP contribution < -0.4 is 5.32 Å². The van der Waals surface area contributed by atoms with E-state index in [1.165, 1.54) is 0 Å². The lowest BCUT2D eigenvalue weighted by molar-refractivity contribution is 0.406. The van der Waals surface area contributed by atoms with Gasteiger partial charge in [0.2, 0.25) is 0 Å². The van der Waals surface area contributed by atoms with Gasteiger partial charge in [-0.05, 0) is 18.6 Å². The molecular weight excluding hydrogens is 259 g/mol. The van der Waals surface area contributed by atoms with E-state index in [1.807, 2.05) is 25.1 Å². The molecule has 0 saturated carbocycles. The molecule has 5 heteroatoms. The first kappa shape index (κ1) is 12.4. The normalized spacial score (nSPS) is 12.6. The molecule has 1 N–H and O–H groups in total. The molecule has 1 atom stereocenters. The highest BCUT2D eigenvalue weighted by atomic mass is 35.5. The van der Waals surface area contributed by atoms with E-state index in [4.69, 9.17) is 27.7 Å². The van der Waals surface area contributed by atoms with Gasteiger partial charge in [-0.3, -0.25) is 0 Å². The van der Waals surface area contributed by atoms with Crippen molar-refractivity contribution in [3.05, 3.63) is 51.8 Å². The standard InChI is InChI=1S/C12H12Cl2N2O/c1-8(15-7-9-5-6-17-16-9)10-3-2-4-11(13)12(10)14/h2-6,8,15H,7H2,1H3. The first-order valence-electron chi connectivity index (χ1n) is 5.25. The number of aromatic nitrogens is 1. The maximum absolute atomic E-state index is 6.14. The van der Waals surface area contributed by atoms with E-state index in [0.717, 1.165) is 11.3 Å². The molecule has 17 heavy (non-hydrogen) atoms. The zero-order valence-corrected chi connectivity index (χ0v) is 10.8. The Hall–Kier alpha value is -1.03. The van der Waals surface area contributed by atoms with Crippen molar-refractivity contribution >= 4 is 23.2 Å². The summed E-state index contributed by atoms with van der Waals surface area (Å²) in [7, 11) is 0. The zero-order chi connectivity index (χ0) is 12.3. The fourth-order valence-electron chi connectivity index (χ4n) is 1.55. The third-order valence-electron chi connectivity index (χ3n) is 2.53. The highest BCUT2D eigenvalue weighted by molar-refractivity contribution is 6.42. The van der Waals surface area contributed by atoms with E-state index >= 15 is 0 Å². The fraction of sp³-hybridized carbons (Fsp3) is 0.250. The van der Waals surface area contributed by atoms with Gasteiger partial charge in [0.25, 0.3) is 0 Å². The molecule has 0 bridgehead atoms. The molecule has 0 fully saturated rings. The first-order chi connectivity index (χ1) is 8.18. The highest BCUT2D eigenvalue weighted by Gasteiger charge is 2.11. The van der Waals surface area contributed by atoms with E-state index in [9.17, 15) is 0 Å². The Morgan fingerprint density at radius 2 is 2.18 bits per heavy atom. The van der Waals surface area contributed by atoms with Crippen molar-refractivity contribution in [2.75, 3.05) is 0 Å². The van der Waals surface area contributed by atoms with Crippen LogP contribution in [0, 0.1) is 0 Å². The molecule has 1 aromatic heterocycles. The van der Waals surface area contributed by atoms with E-state index < -0.39 is 0 Å². The number of benzene rings is 1. The van der Waals surface area contributed by atoms with E-state index in [0.29, 0.717) is 16.6 Å². The van der Waals surface area contributed by atoms with Crippen LogP contribution in [0.2, 0.25) is 10.0 Å². The number of halogens is 2. The predicted octanol–water partition coefficient (Wildman–Crippen LogP) is 3.83. The second kappa shape index (κ2) is 5.54. The quantitative estimate of drug-likeness (QED) is 0.918. The van der Waals surface area contributed by atoms with Crippen molar-refractivity contribution in [1.82, 2.24) is 10.5 Å². The van der Waals surface area contributed by atoms with Gasteiger partial charge in [0.15, 0.2) is 0 Å². The summed E-state index contributed by atoms with van der Waals surface area (Å²) in [5.41, 5.74) is 1.83. The molecular formula is C12H12Cl2N2O. The molecule has 2 rings (SSSR count). The Balaban J connectivity index is 2.04. The van der Waals surface area contributed by atoms with Gasteiger partial charge < -0.3 is 9.84 Å². The summed E-state index contributed by atoms with van der Waals surface area (Å²) in [5.74, 6) is 0. The molecule has 0 radical (unpaired) electrons. The number of rotatable bonds is 4. The first-order valence-corrected chi connectivity index (χ1v) is 6.00. The van der Waals surface area contributed by atoms with Gasteiger partial charge in [-0.1, -0.05) is 40.5 Å². The third-order valence-corrected chi connectivity index (χ3v) is 3.36. The molecule has 2 aromatic rings.